The number of non-ortho nitro benzene ring substituents is 1. The van der Waals surface area contributed by atoms with E-state index in [1.165, 1.54) is 18.2 Å². The molecule has 0 atom stereocenters. The van der Waals surface area contributed by atoms with Crippen molar-refractivity contribution in [3.63, 3.8) is 0 Å². The number of nitro groups is 1. The summed E-state index contributed by atoms with van der Waals surface area (Å²) in [6.45, 7) is 1.83. The van der Waals surface area contributed by atoms with Crippen LogP contribution in [0, 0.1) is 10.1 Å². The highest BCUT2D eigenvalue weighted by Gasteiger charge is 2.27. The molecule has 0 radical (unpaired) electrons. The molecule has 0 aliphatic carbocycles. The molecule has 3 rings (SSSR count). The van der Waals surface area contributed by atoms with Gasteiger partial charge in [0.25, 0.3) is 11.6 Å². The Morgan fingerprint density at radius 1 is 1.17 bits per heavy atom. The quantitative estimate of drug-likeness (QED) is 0.320. The summed E-state index contributed by atoms with van der Waals surface area (Å²) in [6, 6.07) is 14.3. The molecule has 148 valence electrons. The number of nitrogens with zero attached hydrogens (tertiary/aromatic N) is 1. The molecule has 0 saturated heterocycles. The first-order chi connectivity index (χ1) is 13.9. The third-order valence-electron chi connectivity index (χ3n) is 3.95. The molecule has 0 spiro atoms. The van der Waals surface area contributed by atoms with Gasteiger partial charge < -0.3 is 10.1 Å². The van der Waals surface area contributed by atoms with Crippen molar-refractivity contribution in [3.8, 4) is 11.1 Å². The Hall–Kier alpha value is -3.23. The summed E-state index contributed by atoms with van der Waals surface area (Å²) in [4.78, 5) is 35.6. The molecule has 29 heavy (non-hydrogen) atoms. The fourth-order valence-electron chi connectivity index (χ4n) is 2.69. The van der Waals surface area contributed by atoms with E-state index in [-0.39, 0.29) is 28.4 Å². The molecule has 0 aliphatic rings. The zero-order valence-corrected chi connectivity index (χ0v) is 16.8. The molecular formula is C20H15ClN2O5S. The number of ether oxygens (including phenoxy) is 1. The van der Waals surface area contributed by atoms with Crippen molar-refractivity contribution in [1.29, 1.82) is 0 Å². The lowest BCUT2D eigenvalue weighted by atomic mass is 10.0. The van der Waals surface area contributed by atoms with Crippen LogP contribution in [0.25, 0.3) is 11.1 Å². The second kappa shape index (κ2) is 8.85. The maximum Gasteiger partial charge on any atom is 0.341 e. The number of rotatable bonds is 6. The van der Waals surface area contributed by atoms with E-state index in [4.69, 9.17) is 16.3 Å². The number of hydrogen-bond donors (Lipinski definition) is 1. The first-order valence-corrected chi connectivity index (χ1v) is 9.72. The zero-order valence-electron chi connectivity index (χ0n) is 15.2. The highest BCUT2D eigenvalue weighted by Crippen LogP contribution is 2.44. The van der Waals surface area contributed by atoms with Crippen LogP contribution in [0.1, 0.15) is 27.6 Å². The van der Waals surface area contributed by atoms with Gasteiger partial charge in [-0.05, 0) is 18.6 Å². The molecule has 1 N–H and O–H groups in total. The van der Waals surface area contributed by atoms with Crippen LogP contribution in [-0.4, -0.2) is 23.4 Å². The Labute approximate surface area is 175 Å². The summed E-state index contributed by atoms with van der Waals surface area (Å²) in [5.41, 5.74) is 1.18. The molecule has 1 heterocycles. The van der Waals surface area contributed by atoms with Crippen molar-refractivity contribution < 1.29 is 19.2 Å². The molecule has 0 aliphatic heterocycles. The number of nitrogens with one attached hydrogen (secondary N) is 1. The number of esters is 1. The maximum atomic E-state index is 12.7. The number of nitro benzene ring substituents is 1. The summed E-state index contributed by atoms with van der Waals surface area (Å²) < 4.78 is 5.46. The van der Waals surface area contributed by atoms with Gasteiger partial charge in [0.2, 0.25) is 0 Å². The Kier molecular flexibility index (Phi) is 6.26. The number of hydrogen-bond acceptors (Lipinski definition) is 6. The molecule has 9 heteroatoms. The molecule has 7 nitrogen and oxygen atoms in total. The number of anilines is 1. The van der Waals surface area contributed by atoms with Gasteiger partial charge in [-0.1, -0.05) is 48.0 Å². The molecular weight excluding hydrogens is 416 g/mol. The summed E-state index contributed by atoms with van der Waals surface area (Å²) in [5, 5.41) is 13.8. The third kappa shape index (κ3) is 4.44. The Bertz CT molecular complexity index is 1080. The molecule has 0 fully saturated rings. The number of halogens is 1. The van der Waals surface area contributed by atoms with E-state index in [9.17, 15) is 19.7 Å². The van der Waals surface area contributed by atoms with Crippen LogP contribution in [0.15, 0.2) is 54.6 Å². The Morgan fingerprint density at radius 2 is 1.90 bits per heavy atom. The van der Waals surface area contributed by atoms with E-state index < -0.39 is 16.8 Å². The molecule has 2 aromatic carbocycles. The van der Waals surface area contributed by atoms with Crippen molar-refractivity contribution >= 4 is 45.5 Å². The average Bonchev–Trinajstić information content (AvgIpc) is 3.04. The van der Waals surface area contributed by atoms with Gasteiger partial charge in [0.05, 0.1) is 11.5 Å². The van der Waals surface area contributed by atoms with Crippen LogP contribution < -0.4 is 5.32 Å². The van der Waals surface area contributed by atoms with E-state index in [2.05, 4.69) is 5.32 Å². The second-order valence-corrected chi connectivity index (χ2v) is 7.43. The Balaban J connectivity index is 2.03. The topological polar surface area (TPSA) is 98.5 Å². The number of amides is 1. The SMILES string of the molecule is CCOC(=O)c1c(NC(=O)c2cccc([N+](=O)[O-])c2)sc(Cl)c1-c1ccccc1. The van der Waals surface area contributed by atoms with Crippen LogP contribution in [0.2, 0.25) is 4.34 Å². The van der Waals surface area contributed by atoms with E-state index in [0.717, 1.165) is 17.4 Å². The zero-order chi connectivity index (χ0) is 21.0. The fourth-order valence-corrected chi connectivity index (χ4v) is 4.06. The molecule has 3 aromatic rings. The largest absolute Gasteiger partial charge is 0.462 e. The molecule has 1 amide bonds. The summed E-state index contributed by atoms with van der Waals surface area (Å²) in [7, 11) is 0. The monoisotopic (exact) mass is 430 g/mol. The van der Waals surface area contributed by atoms with Gasteiger partial charge in [-0.15, -0.1) is 11.3 Å². The second-order valence-electron chi connectivity index (χ2n) is 5.80. The van der Waals surface area contributed by atoms with Crippen LogP contribution in [0.3, 0.4) is 0 Å². The predicted molar refractivity (Wildman–Crippen MR) is 112 cm³/mol. The fraction of sp³-hybridized carbons (Fsp3) is 0.100. The first kappa shape index (κ1) is 20.5. The van der Waals surface area contributed by atoms with Crippen molar-refractivity contribution in [3.05, 3.63) is 80.2 Å². The molecule has 0 saturated carbocycles. The lowest BCUT2D eigenvalue weighted by Crippen LogP contribution is -2.15. The van der Waals surface area contributed by atoms with Crippen LogP contribution in [0.5, 0.6) is 0 Å². The number of thiophene rings is 1. The smallest absolute Gasteiger partial charge is 0.341 e. The number of carbonyl (C=O) groups is 2. The van der Waals surface area contributed by atoms with Gasteiger partial charge in [-0.2, -0.15) is 0 Å². The van der Waals surface area contributed by atoms with Crippen molar-refractivity contribution in [2.24, 2.45) is 0 Å². The maximum absolute atomic E-state index is 12.7. The normalized spacial score (nSPS) is 10.4. The highest BCUT2D eigenvalue weighted by atomic mass is 35.5. The standard InChI is InChI=1S/C20H15ClN2O5S/c1-2-28-20(25)16-15(12-7-4-3-5-8-12)17(21)29-19(16)22-18(24)13-9-6-10-14(11-13)23(26)27/h3-11H,2H2,1H3,(H,22,24). The van der Waals surface area contributed by atoms with Gasteiger partial charge in [0.1, 0.15) is 14.9 Å². The third-order valence-corrected chi connectivity index (χ3v) is 5.27. The minimum atomic E-state index is -0.621. The number of benzene rings is 2. The van der Waals surface area contributed by atoms with Crippen molar-refractivity contribution in [2.75, 3.05) is 11.9 Å². The van der Waals surface area contributed by atoms with E-state index in [1.807, 2.05) is 6.07 Å². The first-order valence-electron chi connectivity index (χ1n) is 8.53. The lowest BCUT2D eigenvalue weighted by molar-refractivity contribution is -0.384. The van der Waals surface area contributed by atoms with Gasteiger partial charge >= 0.3 is 5.97 Å². The van der Waals surface area contributed by atoms with Gasteiger partial charge in [-0.3, -0.25) is 14.9 Å². The predicted octanol–water partition coefficient (Wildman–Crippen LogP) is 5.41. The summed E-state index contributed by atoms with van der Waals surface area (Å²) >= 11 is 7.42. The number of carbonyl (C=O) groups excluding carboxylic acids is 2. The van der Waals surface area contributed by atoms with Crippen molar-refractivity contribution in [1.82, 2.24) is 0 Å². The minimum absolute atomic E-state index is 0.0831. The van der Waals surface area contributed by atoms with E-state index in [1.54, 1.807) is 31.2 Å². The van der Waals surface area contributed by atoms with Crippen LogP contribution in [0.4, 0.5) is 10.7 Å². The minimum Gasteiger partial charge on any atom is -0.462 e. The van der Waals surface area contributed by atoms with Crippen LogP contribution in [-0.2, 0) is 4.74 Å². The van der Waals surface area contributed by atoms with Crippen LogP contribution >= 0.6 is 22.9 Å². The highest BCUT2D eigenvalue weighted by molar-refractivity contribution is 7.21. The van der Waals surface area contributed by atoms with E-state index >= 15 is 0 Å². The lowest BCUT2D eigenvalue weighted by Gasteiger charge is -2.09. The van der Waals surface area contributed by atoms with Crippen molar-refractivity contribution in [2.45, 2.75) is 6.92 Å². The van der Waals surface area contributed by atoms with E-state index in [0.29, 0.717) is 15.5 Å². The molecule has 0 bridgehead atoms. The van der Waals surface area contributed by atoms with Gasteiger partial charge in [0, 0.05) is 23.3 Å². The average molecular weight is 431 g/mol. The summed E-state index contributed by atoms with van der Waals surface area (Å²) in [5.74, 6) is -1.22. The summed E-state index contributed by atoms with van der Waals surface area (Å²) in [6.07, 6.45) is 0. The van der Waals surface area contributed by atoms with Gasteiger partial charge in [-0.25, -0.2) is 4.79 Å². The van der Waals surface area contributed by atoms with Gasteiger partial charge in [0.15, 0.2) is 0 Å². The molecule has 0 unspecified atom stereocenters. The Morgan fingerprint density at radius 3 is 2.55 bits per heavy atom. The molecule has 1 aromatic heterocycles.